The predicted octanol–water partition coefficient (Wildman–Crippen LogP) is 1.67. The van der Waals surface area contributed by atoms with Gasteiger partial charge in [-0.15, -0.1) is 0 Å². The molecule has 0 radical (unpaired) electrons. The summed E-state index contributed by atoms with van der Waals surface area (Å²) in [6, 6.07) is 4.64. The second-order valence-corrected chi connectivity index (χ2v) is 6.13. The topological polar surface area (TPSA) is 55.4 Å². The van der Waals surface area contributed by atoms with E-state index in [4.69, 9.17) is 4.74 Å². The Morgan fingerprint density at radius 1 is 1.50 bits per heavy atom. The van der Waals surface area contributed by atoms with Gasteiger partial charge in [-0.2, -0.15) is 0 Å². The van der Waals surface area contributed by atoms with Crippen LogP contribution in [0.5, 0.6) is 0 Å². The predicted molar refractivity (Wildman–Crippen MR) is 65.2 cm³/mol. The lowest BCUT2D eigenvalue weighted by Crippen LogP contribution is -2.40. The van der Waals surface area contributed by atoms with Crippen molar-refractivity contribution >= 4 is 10.0 Å². The van der Waals surface area contributed by atoms with Crippen molar-refractivity contribution in [1.82, 2.24) is 4.72 Å². The number of nitrogens with one attached hydrogen (secondary N) is 1. The summed E-state index contributed by atoms with van der Waals surface area (Å²) in [4.78, 5) is -0.0626. The van der Waals surface area contributed by atoms with Crippen LogP contribution in [0.15, 0.2) is 29.2 Å². The van der Waals surface area contributed by atoms with E-state index in [0.717, 1.165) is 18.9 Å². The van der Waals surface area contributed by atoms with Crippen molar-refractivity contribution in [3.8, 4) is 0 Å². The largest absolute Gasteiger partial charge is 0.377 e. The molecule has 1 heterocycles. The lowest BCUT2D eigenvalue weighted by molar-refractivity contribution is 0.0902. The van der Waals surface area contributed by atoms with Crippen LogP contribution < -0.4 is 4.72 Å². The Bertz CT molecular complexity index is 512. The van der Waals surface area contributed by atoms with Crippen molar-refractivity contribution in [3.05, 3.63) is 30.1 Å². The Labute approximate surface area is 106 Å². The summed E-state index contributed by atoms with van der Waals surface area (Å²) >= 11 is 0. The number of hydrogen-bond acceptors (Lipinski definition) is 3. The van der Waals surface area contributed by atoms with Crippen molar-refractivity contribution in [2.75, 3.05) is 6.61 Å². The highest BCUT2D eigenvalue weighted by molar-refractivity contribution is 7.89. The van der Waals surface area contributed by atoms with Gasteiger partial charge in [0.25, 0.3) is 0 Å². The van der Waals surface area contributed by atoms with E-state index in [-0.39, 0.29) is 17.0 Å². The molecule has 1 N–H and O–H groups in total. The number of sulfonamides is 1. The summed E-state index contributed by atoms with van der Waals surface area (Å²) in [6.07, 6.45) is 1.68. The van der Waals surface area contributed by atoms with Crippen molar-refractivity contribution in [2.45, 2.75) is 36.8 Å². The minimum atomic E-state index is -3.69. The SMILES string of the molecule is C[C@H](NS(=O)(=O)c1cccc(F)c1)[C@@H]1CCCO1. The van der Waals surface area contributed by atoms with E-state index in [0.29, 0.717) is 6.61 Å². The Hall–Kier alpha value is -0.980. The summed E-state index contributed by atoms with van der Waals surface area (Å²) in [7, 11) is -3.69. The zero-order valence-corrected chi connectivity index (χ0v) is 10.9. The van der Waals surface area contributed by atoms with Crippen LogP contribution >= 0.6 is 0 Å². The van der Waals surface area contributed by atoms with Gasteiger partial charge in [0.2, 0.25) is 10.0 Å². The van der Waals surface area contributed by atoms with Gasteiger partial charge >= 0.3 is 0 Å². The molecular formula is C12H16FNO3S. The van der Waals surface area contributed by atoms with Crippen LogP contribution in [-0.4, -0.2) is 27.2 Å². The molecular weight excluding hydrogens is 257 g/mol. The molecule has 2 atom stereocenters. The normalized spacial score (nSPS) is 22.0. The van der Waals surface area contributed by atoms with Crippen LogP contribution in [0.2, 0.25) is 0 Å². The van der Waals surface area contributed by atoms with Crippen molar-refractivity contribution in [2.24, 2.45) is 0 Å². The molecule has 0 aliphatic carbocycles. The number of rotatable bonds is 4. The van der Waals surface area contributed by atoms with Gasteiger partial charge in [-0.3, -0.25) is 0 Å². The molecule has 4 nitrogen and oxygen atoms in total. The smallest absolute Gasteiger partial charge is 0.241 e. The summed E-state index contributed by atoms with van der Waals surface area (Å²) in [5.41, 5.74) is 0. The molecule has 1 saturated heterocycles. The maximum atomic E-state index is 13.0. The van der Waals surface area contributed by atoms with Gasteiger partial charge in [0.15, 0.2) is 0 Å². The van der Waals surface area contributed by atoms with Gasteiger partial charge < -0.3 is 4.74 Å². The van der Waals surface area contributed by atoms with E-state index in [1.165, 1.54) is 18.2 Å². The highest BCUT2D eigenvalue weighted by atomic mass is 32.2. The maximum absolute atomic E-state index is 13.0. The molecule has 0 saturated carbocycles. The van der Waals surface area contributed by atoms with Crippen LogP contribution in [0, 0.1) is 5.82 Å². The van der Waals surface area contributed by atoms with E-state index in [9.17, 15) is 12.8 Å². The molecule has 1 aromatic rings. The number of halogens is 1. The zero-order valence-electron chi connectivity index (χ0n) is 10.1. The molecule has 1 aliphatic heterocycles. The molecule has 1 fully saturated rings. The second-order valence-electron chi connectivity index (χ2n) is 4.42. The first kappa shape index (κ1) is 13.5. The van der Waals surface area contributed by atoms with Gasteiger partial charge in [-0.05, 0) is 38.0 Å². The lowest BCUT2D eigenvalue weighted by Gasteiger charge is -2.19. The molecule has 1 aromatic carbocycles. The number of hydrogen-bond donors (Lipinski definition) is 1. The summed E-state index contributed by atoms with van der Waals surface area (Å²) < 4.78 is 45.0. The minimum Gasteiger partial charge on any atom is -0.377 e. The first-order valence-corrected chi connectivity index (χ1v) is 7.37. The molecule has 2 rings (SSSR count). The third kappa shape index (κ3) is 3.07. The molecule has 0 aromatic heterocycles. The summed E-state index contributed by atoms with van der Waals surface area (Å²) in [5, 5.41) is 0. The van der Waals surface area contributed by atoms with Gasteiger partial charge in [0.05, 0.1) is 11.0 Å². The van der Waals surface area contributed by atoms with Crippen molar-refractivity contribution in [1.29, 1.82) is 0 Å². The molecule has 0 spiro atoms. The monoisotopic (exact) mass is 273 g/mol. The van der Waals surface area contributed by atoms with Crippen LogP contribution in [-0.2, 0) is 14.8 Å². The van der Waals surface area contributed by atoms with E-state index >= 15 is 0 Å². The van der Waals surface area contributed by atoms with Gasteiger partial charge in [0.1, 0.15) is 5.82 Å². The van der Waals surface area contributed by atoms with Crippen molar-refractivity contribution in [3.63, 3.8) is 0 Å². The van der Waals surface area contributed by atoms with E-state index in [1.807, 2.05) is 0 Å². The average Bonchev–Trinajstić information content (AvgIpc) is 2.82. The quantitative estimate of drug-likeness (QED) is 0.908. The minimum absolute atomic E-state index is 0.0626. The van der Waals surface area contributed by atoms with Gasteiger partial charge in [0, 0.05) is 12.6 Å². The van der Waals surface area contributed by atoms with Crippen molar-refractivity contribution < 1.29 is 17.5 Å². The third-order valence-electron chi connectivity index (χ3n) is 2.97. The van der Waals surface area contributed by atoms with Crippen LogP contribution in [0.4, 0.5) is 4.39 Å². The summed E-state index contributed by atoms with van der Waals surface area (Å²) in [5.74, 6) is -0.567. The molecule has 0 unspecified atom stereocenters. The molecule has 100 valence electrons. The third-order valence-corrected chi connectivity index (χ3v) is 4.53. The molecule has 18 heavy (non-hydrogen) atoms. The first-order chi connectivity index (χ1) is 8.49. The zero-order chi connectivity index (χ0) is 13.2. The Kier molecular flexibility index (Phi) is 3.99. The first-order valence-electron chi connectivity index (χ1n) is 5.88. The van der Waals surface area contributed by atoms with Gasteiger partial charge in [-0.25, -0.2) is 17.5 Å². The van der Waals surface area contributed by atoms with Crippen LogP contribution in [0.1, 0.15) is 19.8 Å². The Morgan fingerprint density at radius 3 is 2.89 bits per heavy atom. The fraction of sp³-hybridized carbons (Fsp3) is 0.500. The standard InChI is InChI=1S/C12H16FNO3S/c1-9(12-6-3-7-17-12)14-18(15,16)11-5-2-4-10(13)8-11/h2,4-5,8-9,12,14H,3,6-7H2,1H3/t9-,12-/m0/s1. The lowest BCUT2D eigenvalue weighted by atomic mass is 10.1. The fourth-order valence-corrected chi connectivity index (χ4v) is 3.32. The van der Waals surface area contributed by atoms with Gasteiger partial charge in [-0.1, -0.05) is 6.07 Å². The maximum Gasteiger partial charge on any atom is 0.241 e. The highest BCUT2D eigenvalue weighted by Crippen LogP contribution is 2.18. The number of benzene rings is 1. The Balaban J connectivity index is 2.11. The molecule has 6 heteroatoms. The number of ether oxygens (including phenoxy) is 1. The van der Waals surface area contributed by atoms with E-state index in [1.54, 1.807) is 6.92 Å². The molecule has 0 amide bonds. The van der Waals surface area contributed by atoms with Crippen LogP contribution in [0.3, 0.4) is 0 Å². The van der Waals surface area contributed by atoms with E-state index in [2.05, 4.69) is 4.72 Å². The van der Waals surface area contributed by atoms with Crippen LogP contribution in [0.25, 0.3) is 0 Å². The fourth-order valence-electron chi connectivity index (χ4n) is 2.02. The highest BCUT2D eigenvalue weighted by Gasteiger charge is 2.26. The van der Waals surface area contributed by atoms with E-state index < -0.39 is 15.8 Å². The second kappa shape index (κ2) is 5.34. The molecule has 1 aliphatic rings. The average molecular weight is 273 g/mol. The summed E-state index contributed by atoms with van der Waals surface area (Å²) in [6.45, 7) is 2.42. The Morgan fingerprint density at radius 2 is 2.28 bits per heavy atom. The molecule has 0 bridgehead atoms.